The van der Waals surface area contributed by atoms with E-state index in [1.807, 2.05) is 18.3 Å². The highest BCUT2D eigenvalue weighted by Gasteiger charge is 2.28. The van der Waals surface area contributed by atoms with E-state index in [2.05, 4.69) is 21.8 Å². The number of benzene rings is 1. The van der Waals surface area contributed by atoms with Crippen molar-refractivity contribution in [3.63, 3.8) is 0 Å². The highest BCUT2D eigenvalue weighted by atomic mass is 19.1. The first-order valence-electron chi connectivity index (χ1n) is 9.15. The summed E-state index contributed by atoms with van der Waals surface area (Å²) in [7, 11) is 2.07. The highest BCUT2D eigenvalue weighted by Crippen LogP contribution is 2.38. The number of anilines is 2. The summed E-state index contributed by atoms with van der Waals surface area (Å²) >= 11 is 0. The first-order valence-corrected chi connectivity index (χ1v) is 9.15. The molecule has 1 aliphatic carbocycles. The van der Waals surface area contributed by atoms with Crippen LogP contribution in [0, 0.1) is 17.1 Å². The Labute approximate surface area is 153 Å². The average molecular weight is 351 g/mol. The predicted octanol–water partition coefficient (Wildman–Crippen LogP) is 3.47. The van der Waals surface area contributed by atoms with Crippen molar-refractivity contribution >= 4 is 11.5 Å². The number of nitrogens with zero attached hydrogens (tertiary/aromatic N) is 5. The maximum atomic E-state index is 13.8. The molecule has 1 saturated carbocycles. The minimum absolute atomic E-state index is 0.291. The Morgan fingerprint density at radius 2 is 2.12 bits per heavy atom. The Kier molecular flexibility index (Phi) is 4.46. The third-order valence-electron chi connectivity index (χ3n) is 5.28. The van der Waals surface area contributed by atoms with Crippen LogP contribution in [0.2, 0.25) is 0 Å². The van der Waals surface area contributed by atoms with E-state index < -0.39 is 0 Å². The number of aromatic nitrogens is 2. The van der Waals surface area contributed by atoms with Crippen molar-refractivity contribution in [3.05, 3.63) is 47.7 Å². The first-order chi connectivity index (χ1) is 12.6. The fourth-order valence-electron chi connectivity index (χ4n) is 3.61. The smallest absolute Gasteiger partial charge is 0.133 e. The van der Waals surface area contributed by atoms with Gasteiger partial charge in [-0.25, -0.2) is 14.4 Å². The van der Waals surface area contributed by atoms with Crippen LogP contribution in [0.5, 0.6) is 0 Å². The number of halogens is 1. The van der Waals surface area contributed by atoms with E-state index in [1.165, 1.54) is 25.0 Å². The van der Waals surface area contributed by atoms with Crippen LogP contribution in [0.1, 0.15) is 43.0 Å². The fourth-order valence-corrected chi connectivity index (χ4v) is 3.61. The molecule has 1 aromatic heterocycles. The second-order valence-electron chi connectivity index (χ2n) is 7.21. The van der Waals surface area contributed by atoms with Crippen LogP contribution < -0.4 is 9.80 Å². The second-order valence-corrected chi connectivity index (χ2v) is 7.21. The molecule has 1 aromatic carbocycles. The maximum absolute atomic E-state index is 13.8. The van der Waals surface area contributed by atoms with Gasteiger partial charge in [0.15, 0.2) is 0 Å². The lowest BCUT2D eigenvalue weighted by Crippen LogP contribution is -2.47. The van der Waals surface area contributed by atoms with Gasteiger partial charge < -0.3 is 9.80 Å². The zero-order valence-electron chi connectivity index (χ0n) is 14.9. The average Bonchev–Trinajstić information content (AvgIpc) is 3.52. The lowest BCUT2D eigenvalue weighted by molar-refractivity contribution is 0.484. The van der Waals surface area contributed by atoms with Crippen molar-refractivity contribution in [1.29, 1.82) is 5.26 Å². The van der Waals surface area contributed by atoms with Crippen molar-refractivity contribution in [2.24, 2.45) is 0 Å². The van der Waals surface area contributed by atoms with Crippen molar-refractivity contribution in [2.75, 3.05) is 29.9 Å². The molecule has 2 heterocycles. The van der Waals surface area contributed by atoms with Crippen LogP contribution in [0.3, 0.4) is 0 Å². The molecule has 0 bridgehead atoms. The maximum Gasteiger partial charge on any atom is 0.133 e. The molecule has 0 spiro atoms. The van der Waals surface area contributed by atoms with Gasteiger partial charge in [0.05, 0.1) is 11.6 Å². The Hall–Kier alpha value is -2.68. The second kappa shape index (κ2) is 6.91. The van der Waals surface area contributed by atoms with Crippen LogP contribution in [0.15, 0.2) is 30.5 Å². The lowest BCUT2D eigenvalue weighted by Gasteiger charge is -2.39. The van der Waals surface area contributed by atoms with Gasteiger partial charge in [-0.15, -0.1) is 0 Å². The highest BCUT2D eigenvalue weighted by molar-refractivity contribution is 5.53. The monoisotopic (exact) mass is 351 g/mol. The molecule has 1 aliphatic heterocycles. The molecule has 26 heavy (non-hydrogen) atoms. The van der Waals surface area contributed by atoms with Crippen molar-refractivity contribution in [2.45, 2.75) is 37.6 Å². The van der Waals surface area contributed by atoms with Crippen LogP contribution in [-0.2, 0) is 0 Å². The van der Waals surface area contributed by atoms with E-state index in [0.29, 0.717) is 17.5 Å². The molecule has 2 aliphatic rings. The normalized spacial score (nSPS) is 19.9. The van der Waals surface area contributed by atoms with E-state index in [1.54, 1.807) is 6.07 Å². The van der Waals surface area contributed by atoms with Gasteiger partial charge >= 0.3 is 0 Å². The van der Waals surface area contributed by atoms with E-state index in [4.69, 9.17) is 10.2 Å². The minimum Gasteiger partial charge on any atom is -0.369 e. The number of piperidine rings is 1. The zero-order chi connectivity index (χ0) is 18.1. The molecule has 4 rings (SSSR count). The largest absolute Gasteiger partial charge is 0.369 e. The van der Waals surface area contributed by atoms with E-state index in [9.17, 15) is 4.39 Å². The van der Waals surface area contributed by atoms with Crippen molar-refractivity contribution in [3.8, 4) is 6.07 Å². The van der Waals surface area contributed by atoms with Crippen molar-refractivity contribution in [1.82, 2.24) is 9.97 Å². The van der Waals surface area contributed by atoms with Crippen LogP contribution in [0.4, 0.5) is 15.9 Å². The molecule has 6 heteroatoms. The van der Waals surface area contributed by atoms with E-state index in [0.717, 1.165) is 43.3 Å². The van der Waals surface area contributed by atoms with Gasteiger partial charge in [-0.05, 0) is 49.9 Å². The summed E-state index contributed by atoms with van der Waals surface area (Å²) in [6, 6.07) is 8.84. The van der Waals surface area contributed by atoms with Gasteiger partial charge in [0.1, 0.15) is 17.5 Å². The summed E-state index contributed by atoms with van der Waals surface area (Å²) < 4.78 is 13.8. The summed E-state index contributed by atoms with van der Waals surface area (Å²) in [5.74, 6) is 2.07. The van der Waals surface area contributed by atoms with Crippen LogP contribution in [-0.4, -0.2) is 36.1 Å². The van der Waals surface area contributed by atoms with E-state index in [-0.39, 0.29) is 5.82 Å². The Morgan fingerprint density at radius 1 is 1.27 bits per heavy atom. The van der Waals surface area contributed by atoms with Gasteiger partial charge in [-0.3, -0.25) is 0 Å². The van der Waals surface area contributed by atoms with Gasteiger partial charge in [0.25, 0.3) is 0 Å². The molecule has 2 aromatic rings. The molecule has 2 fully saturated rings. The molecule has 1 saturated heterocycles. The fraction of sp³-hybridized carbons (Fsp3) is 0.450. The SMILES string of the molecule is CN(c1ccnc(C2CC2)n1)C1CCCN(c2cc(F)cc(C#N)c2)C1. The number of nitriles is 1. The molecule has 134 valence electrons. The topological polar surface area (TPSA) is 56.1 Å². The number of hydrogen-bond donors (Lipinski definition) is 0. The van der Waals surface area contributed by atoms with Gasteiger partial charge in [-0.1, -0.05) is 0 Å². The third-order valence-corrected chi connectivity index (χ3v) is 5.28. The first kappa shape index (κ1) is 16.8. The molecular weight excluding hydrogens is 329 g/mol. The van der Waals surface area contributed by atoms with Crippen LogP contribution in [0.25, 0.3) is 0 Å². The molecule has 0 amide bonds. The van der Waals surface area contributed by atoms with Gasteiger partial charge in [-0.2, -0.15) is 5.26 Å². The number of hydrogen-bond acceptors (Lipinski definition) is 5. The third kappa shape index (κ3) is 3.48. The number of rotatable bonds is 4. The van der Waals surface area contributed by atoms with Crippen LogP contribution >= 0.6 is 0 Å². The molecular formula is C20H22FN5. The predicted molar refractivity (Wildman–Crippen MR) is 98.8 cm³/mol. The zero-order valence-corrected chi connectivity index (χ0v) is 14.9. The van der Waals surface area contributed by atoms with Crippen molar-refractivity contribution < 1.29 is 4.39 Å². The summed E-state index contributed by atoms with van der Waals surface area (Å²) in [6.07, 6.45) is 6.30. The molecule has 0 N–H and O–H groups in total. The standard InChI is InChI=1S/C20H22FN5/c1-25(19-6-7-23-20(24-19)15-4-5-15)17-3-2-8-26(13-17)18-10-14(12-22)9-16(21)11-18/h6-7,9-11,15,17H,2-5,8,13H2,1H3. The lowest BCUT2D eigenvalue weighted by atomic mass is 10.0. The quantitative estimate of drug-likeness (QED) is 0.844. The Balaban J connectivity index is 1.52. The molecule has 0 radical (unpaired) electrons. The van der Waals surface area contributed by atoms with E-state index >= 15 is 0 Å². The molecule has 1 unspecified atom stereocenters. The number of likely N-dealkylation sites (N-methyl/N-ethyl adjacent to an activating group) is 1. The summed E-state index contributed by atoms with van der Waals surface area (Å²) in [5, 5.41) is 9.09. The summed E-state index contributed by atoms with van der Waals surface area (Å²) in [4.78, 5) is 13.5. The molecule has 5 nitrogen and oxygen atoms in total. The van der Waals surface area contributed by atoms with Gasteiger partial charge in [0, 0.05) is 44.0 Å². The minimum atomic E-state index is -0.362. The summed E-state index contributed by atoms with van der Waals surface area (Å²) in [6.45, 7) is 1.66. The molecule has 1 atom stereocenters. The van der Waals surface area contributed by atoms with Gasteiger partial charge in [0.2, 0.25) is 0 Å². The summed E-state index contributed by atoms with van der Waals surface area (Å²) in [5.41, 5.74) is 1.14. The Bertz CT molecular complexity index is 842. The Morgan fingerprint density at radius 3 is 2.88 bits per heavy atom.